The molecule has 1 aromatic heterocycles. The first kappa shape index (κ1) is 13.8. The highest BCUT2D eigenvalue weighted by molar-refractivity contribution is 5.96. The molecule has 3 aromatic rings. The van der Waals surface area contributed by atoms with Crippen LogP contribution in [-0.2, 0) is 11.2 Å². The Morgan fingerprint density at radius 3 is 2.73 bits per heavy atom. The molecule has 6 nitrogen and oxygen atoms in total. The monoisotopic (exact) mass is 294 g/mol. The number of aromatic nitrogens is 2. The molecule has 0 bridgehead atoms. The van der Waals surface area contributed by atoms with Gasteiger partial charge in [0.2, 0.25) is 11.8 Å². The fourth-order valence-corrected chi connectivity index (χ4v) is 2.20. The first-order chi connectivity index (χ1) is 10.6. The van der Waals surface area contributed by atoms with E-state index in [1.807, 2.05) is 24.3 Å². The molecule has 0 unspecified atom stereocenters. The van der Waals surface area contributed by atoms with Crippen molar-refractivity contribution in [3.63, 3.8) is 0 Å². The zero-order chi connectivity index (χ0) is 15.5. The van der Waals surface area contributed by atoms with Crippen LogP contribution in [0.15, 0.2) is 48.5 Å². The first-order valence-corrected chi connectivity index (χ1v) is 6.75. The van der Waals surface area contributed by atoms with Crippen LogP contribution in [0.5, 0.6) is 0 Å². The lowest BCUT2D eigenvalue weighted by Gasteiger charge is -2.05. The Bertz CT molecular complexity index is 821. The molecule has 6 heteroatoms. The Morgan fingerprint density at radius 1 is 1.14 bits per heavy atom. The highest BCUT2D eigenvalue weighted by Crippen LogP contribution is 2.13. The van der Waals surface area contributed by atoms with E-state index in [1.54, 1.807) is 24.3 Å². The summed E-state index contributed by atoms with van der Waals surface area (Å²) in [5, 5.41) is 2.72. The maximum absolute atomic E-state index is 12.1. The number of hydrogen-bond donors (Lipinski definition) is 3. The minimum atomic E-state index is -0.534. The molecule has 0 radical (unpaired) electrons. The number of anilines is 1. The van der Waals surface area contributed by atoms with Crippen molar-refractivity contribution in [2.75, 3.05) is 5.32 Å². The molecule has 0 fully saturated rings. The van der Waals surface area contributed by atoms with Crippen molar-refractivity contribution in [1.29, 1.82) is 0 Å². The zero-order valence-corrected chi connectivity index (χ0v) is 11.7. The Morgan fingerprint density at radius 2 is 1.95 bits per heavy atom. The van der Waals surface area contributed by atoms with Crippen molar-refractivity contribution >= 4 is 28.5 Å². The Kier molecular flexibility index (Phi) is 3.57. The van der Waals surface area contributed by atoms with Gasteiger partial charge in [0, 0.05) is 11.3 Å². The van der Waals surface area contributed by atoms with Crippen LogP contribution in [0, 0.1) is 0 Å². The van der Waals surface area contributed by atoms with Gasteiger partial charge in [0.25, 0.3) is 0 Å². The molecule has 0 aliphatic rings. The summed E-state index contributed by atoms with van der Waals surface area (Å²) in [6, 6.07) is 14.1. The molecule has 3 rings (SSSR count). The van der Waals surface area contributed by atoms with E-state index >= 15 is 0 Å². The van der Waals surface area contributed by atoms with Gasteiger partial charge in [0.1, 0.15) is 5.82 Å². The summed E-state index contributed by atoms with van der Waals surface area (Å²) in [6.07, 6.45) is 0.121. The van der Waals surface area contributed by atoms with Gasteiger partial charge in [-0.15, -0.1) is 0 Å². The highest BCUT2D eigenvalue weighted by atomic mass is 16.2. The second-order valence-electron chi connectivity index (χ2n) is 4.87. The number of carbonyl (C=O) groups excluding carboxylic acids is 2. The van der Waals surface area contributed by atoms with Crippen LogP contribution >= 0.6 is 0 Å². The molecule has 0 atom stereocenters. The van der Waals surface area contributed by atoms with Crippen LogP contribution in [-0.4, -0.2) is 21.8 Å². The number of H-pyrrole nitrogens is 1. The maximum atomic E-state index is 12.1. The molecule has 22 heavy (non-hydrogen) atoms. The third kappa shape index (κ3) is 2.95. The molecule has 2 aromatic carbocycles. The summed E-state index contributed by atoms with van der Waals surface area (Å²) in [5.41, 5.74) is 7.80. The lowest BCUT2D eigenvalue weighted by molar-refractivity contribution is -0.115. The van der Waals surface area contributed by atoms with Gasteiger partial charge in [-0.1, -0.05) is 18.2 Å². The summed E-state index contributed by atoms with van der Waals surface area (Å²) in [6.45, 7) is 0. The smallest absolute Gasteiger partial charge is 0.248 e. The van der Waals surface area contributed by atoms with Gasteiger partial charge in [-0.25, -0.2) is 4.98 Å². The van der Waals surface area contributed by atoms with Crippen molar-refractivity contribution in [1.82, 2.24) is 9.97 Å². The fraction of sp³-hybridized carbons (Fsp3) is 0.0625. The number of carbonyl (C=O) groups is 2. The normalized spacial score (nSPS) is 10.5. The quantitative estimate of drug-likeness (QED) is 0.684. The third-order valence-corrected chi connectivity index (χ3v) is 3.20. The van der Waals surface area contributed by atoms with Crippen molar-refractivity contribution in [2.24, 2.45) is 5.73 Å². The minimum Gasteiger partial charge on any atom is -0.366 e. The number of aromatic amines is 1. The molecule has 0 spiro atoms. The van der Waals surface area contributed by atoms with Gasteiger partial charge >= 0.3 is 0 Å². The largest absolute Gasteiger partial charge is 0.366 e. The van der Waals surface area contributed by atoms with E-state index in [2.05, 4.69) is 15.3 Å². The van der Waals surface area contributed by atoms with Crippen LogP contribution < -0.4 is 11.1 Å². The second-order valence-corrected chi connectivity index (χ2v) is 4.87. The van der Waals surface area contributed by atoms with E-state index in [1.165, 1.54) is 0 Å². The molecule has 0 saturated carbocycles. The van der Waals surface area contributed by atoms with Gasteiger partial charge in [-0.05, 0) is 30.3 Å². The number of primary amides is 1. The average Bonchev–Trinajstić information content (AvgIpc) is 2.89. The average molecular weight is 294 g/mol. The third-order valence-electron chi connectivity index (χ3n) is 3.20. The van der Waals surface area contributed by atoms with E-state index in [0.717, 1.165) is 11.0 Å². The van der Waals surface area contributed by atoms with Crippen LogP contribution in [0.4, 0.5) is 5.69 Å². The summed E-state index contributed by atoms with van der Waals surface area (Å²) in [5.74, 6) is -0.168. The lowest BCUT2D eigenvalue weighted by atomic mass is 10.2. The number of amides is 2. The summed E-state index contributed by atoms with van der Waals surface area (Å²) < 4.78 is 0. The fourth-order valence-electron chi connectivity index (χ4n) is 2.20. The molecule has 0 saturated heterocycles. The van der Waals surface area contributed by atoms with Crippen molar-refractivity contribution in [2.45, 2.75) is 6.42 Å². The van der Waals surface area contributed by atoms with E-state index in [4.69, 9.17) is 5.73 Å². The lowest BCUT2D eigenvalue weighted by Crippen LogP contribution is -2.16. The maximum Gasteiger partial charge on any atom is 0.248 e. The summed E-state index contributed by atoms with van der Waals surface area (Å²) in [4.78, 5) is 30.6. The number of rotatable bonds is 4. The Balaban J connectivity index is 1.72. The van der Waals surface area contributed by atoms with Crippen molar-refractivity contribution in [3.05, 3.63) is 59.9 Å². The van der Waals surface area contributed by atoms with E-state index in [9.17, 15) is 9.59 Å². The van der Waals surface area contributed by atoms with Crippen molar-refractivity contribution < 1.29 is 9.59 Å². The number of nitrogens with two attached hydrogens (primary N) is 1. The number of benzene rings is 2. The molecule has 2 amide bonds. The molecule has 110 valence electrons. The van der Waals surface area contributed by atoms with Crippen LogP contribution in [0.25, 0.3) is 11.0 Å². The van der Waals surface area contributed by atoms with Crippen LogP contribution in [0.3, 0.4) is 0 Å². The predicted molar refractivity (Wildman–Crippen MR) is 83.4 cm³/mol. The molecular formula is C16H14N4O2. The van der Waals surface area contributed by atoms with E-state index < -0.39 is 5.91 Å². The topological polar surface area (TPSA) is 101 Å². The second kappa shape index (κ2) is 5.69. The Labute approximate surface area is 126 Å². The van der Waals surface area contributed by atoms with E-state index in [-0.39, 0.29) is 12.3 Å². The standard InChI is InChI=1S/C16H14N4O2/c17-16(22)10-4-3-5-11(8-10)18-15(21)9-14-19-12-6-1-2-7-13(12)20-14/h1-8H,9H2,(H2,17,22)(H,18,21)(H,19,20). The van der Waals surface area contributed by atoms with Gasteiger partial charge in [0.05, 0.1) is 17.5 Å². The number of hydrogen-bond acceptors (Lipinski definition) is 3. The molecule has 1 heterocycles. The van der Waals surface area contributed by atoms with Crippen molar-refractivity contribution in [3.8, 4) is 0 Å². The Hall–Kier alpha value is -3.15. The van der Waals surface area contributed by atoms with Crippen LogP contribution in [0.1, 0.15) is 16.2 Å². The first-order valence-electron chi connectivity index (χ1n) is 6.75. The van der Waals surface area contributed by atoms with Gasteiger partial charge in [-0.2, -0.15) is 0 Å². The number of fused-ring (bicyclic) bond motifs is 1. The summed E-state index contributed by atoms with van der Waals surface area (Å²) in [7, 11) is 0. The van der Waals surface area contributed by atoms with Gasteiger partial charge in [0.15, 0.2) is 0 Å². The zero-order valence-electron chi connectivity index (χ0n) is 11.7. The number of imidazole rings is 1. The van der Waals surface area contributed by atoms with Gasteiger partial charge < -0.3 is 16.0 Å². The van der Waals surface area contributed by atoms with Crippen LogP contribution in [0.2, 0.25) is 0 Å². The number of nitrogens with one attached hydrogen (secondary N) is 2. The molecular weight excluding hydrogens is 280 g/mol. The highest BCUT2D eigenvalue weighted by Gasteiger charge is 2.09. The van der Waals surface area contributed by atoms with E-state index in [0.29, 0.717) is 17.1 Å². The number of para-hydroxylation sites is 2. The number of nitrogens with zero attached hydrogens (tertiary/aromatic N) is 1. The molecule has 4 N–H and O–H groups in total. The minimum absolute atomic E-state index is 0.121. The van der Waals surface area contributed by atoms with Gasteiger partial charge in [-0.3, -0.25) is 9.59 Å². The predicted octanol–water partition coefficient (Wildman–Crippen LogP) is 1.84. The SMILES string of the molecule is NC(=O)c1cccc(NC(=O)Cc2nc3ccccc3[nH]2)c1. The summed E-state index contributed by atoms with van der Waals surface area (Å²) >= 11 is 0. The molecule has 0 aliphatic heterocycles. The molecule has 0 aliphatic carbocycles.